The molecule has 4 rings (SSSR count). The zero-order valence-electron chi connectivity index (χ0n) is 19.7. The molecule has 1 amide bonds. The molecule has 0 aromatic heterocycles. The van der Waals surface area contributed by atoms with Crippen molar-refractivity contribution in [2.45, 2.75) is 31.8 Å². The van der Waals surface area contributed by atoms with Gasteiger partial charge in [0.25, 0.3) is 5.91 Å². The molecule has 1 aliphatic heterocycles. The molecule has 0 bridgehead atoms. The topological polar surface area (TPSA) is 48.0 Å². The smallest absolute Gasteiger partial charge is 0.258 e. The lowest BCUT2D eigenvalue weighted by Gasteiger charge is -2.23. The minimum Gasteiger partial charge on any atom is -0.497 e. The third-order valence-electron chi connectivity index (χ3n) is 5.88. The fraction of sp³-hybridized carbons (Fsp3) is 0.296. The number of methoxy groups -OCH3 is 2. The van der Waals surface area contributed by atoms with E-state index in [9.17, 15) is 9.18 Å². The van der Waals surface area contributed by atoms with Crippen LogP contribution < -0.4 is 14.2 Å². The van der Waals surface area contributed by atoms with Crippen LogP contribution in [0.4, 0.5) is 4.39 Å². The molecule has 0 N–H and O–H groups in total. The van der Waals surface area contributed by atoms with Crippen molar-refractivity contribution in [3.05, 3.63) is 76.6 Å². The number of carbonyl (C=O) groups is 1. The fourth-order valence-electron chi connectivity index (χ4n) is 4.30. The molecular weight excluding hydrogens is 501 g/mol. The highest BCUT2D eigenvalue weighted by atomic mass is 79.9. The lowest BCUT2D eigenvalue weighted by Crippen LogP contribution is -2.35. The molecule has 0 radical (unpaired) electrons. The van der Waals surface area contributed by atoms with Crippen molar-refractivity contribution in [2.24, 2.45) is 0 Å². The second kappa shape index (κ2) is 10.1. The van der Waals surface area contributed by atoms with Crippen LogP contribution >= 0.6 is 15.9 Å². The zero-order valence-corrected chi connectivity index (χ0v) is 21.2. The van der Waals surface area contributed by atoms with E-state index in [0.717, 1.165) is 27.8 Å². The van der Waals surface area contributed by atoms with Crippen molar-refractivity contribution in [1.82, 2.24) is 4.90 Å². The van der Waals surface area contributed by atoms with Gasteiger partial charge in [-0.05, 0) is 72.5 Å². The summed E-state index contributed by atoms with van der Waals surface area (Å²) in [7, 11) is 3.20. The van der Waals surface area contributed by atoms with Crippen LogP contribution in [0.15, 0.2) is 48.5 Å². The van der Waals surface area contributed by atoms with E-state index < -0.39 is 0 Å². The van der Waals surface area contributed by atoms with Crippen LogP contribution in [0.3, 0.4) is 0 Å². The summed E-state index contributed by atoms with van der Waals surface area (Å²) >= 11 is 3.52. The molecule has 3 aromatic rings. The Kier molecular flexibility index (Phi) is 7.12. The van der Waals surface area contributed by atoms with Crippen molar-refractivity contribution in [1.29, 1.82) is 0 Å². The van der Waals surface area contributed by atoms with Crippen LogP contribution in [0.1, 0.15) is 34.0 Å². The van der Waals surface area contributed by atoms with Gasteiger partial charge in [0.05, 0.1) is 26.3 Å². The average molecular weight is 528 g/mol. The average Bonchev–Trinajstić information content (AvgIpc) is 2.94. The highest BCUT2D eigenvalue weighted by Gasteiger charge is 2.30. The quantitative estimate of drug-likeness (QED) is 0.361. The number of amides is 1. The Morgan fingerprint density at radius 3 is 2.29 bits per heavy atom. The Morgan fingerprint density at radius 1 is 1.00 bits per heavy atom. The molecule has 0 saturated heterocycles. The molecule has 0 spiro atoms. The number of aryl methyl sites for hydroxylation is 1. The molecule has 1 heterocycles. The number of ether oxygens (including phenoxy) is 3. The molecule has 178 valence electrons. The third-order valence-corrected chi connectivity index (χ3v) is 6.53. The number of halogens is 2. The van der Waals surface area contributed by atoms with Crippen molar-refractivity contribution in [3.63, 3.8) is 0 Å². The molecule has 0 aliphatic carbocycles. The highest BCUT2D eigenvalue weighted by molar-refractivity contribution is 9.08. The number of hydrogen-bond donors (Lipinski definition) is 0. The molecule has 1 aliphatic rings. The lowest BCUT2D eigenvalue weighted by atomic mass is 9.95. The molecule has 3 aromatic carbocycles. The largest absolute Gasteiger partial charge is 0.497 e. The van der Waals surface area contributed by atoms with Gasteiger partial charge in [-0.25, -0.2) is 4.39 Å². The summed E-state index contributed by atoms with van der Waals surface area (Å²) in [6.45, 7) is 4.60. The monoisotopic (exact) mass is 527 g/mol. The van der Waals surface area contributed by atoms with Gasteiger partial charge in [-0.3, -0.25) is 4.79 Å². The van der Waals surface area contributed by atoms with Gasteiger partial charge in [-0.2, -0.15) is 0 Å². The predicted molar refractivity (Wildman–Crippen MR) is 134 cm³/mol. The van der Waals surface area contributed by atoms with Crippen LogP contribution in [0, 0.1) is 12.7 Å². The van der Waals surface area contributed by atoms with E-state index in [0.29, 0.717) is 41.2 Å². The first-order chi connectivity index (χ1) is 16.3. The maximum atomic E-state index is 13.8. The molecule has 0 saturated carbocycles. The number of rotatable bonds is 6. The van der Waals surface area contributed by atoms with Gasteiger partial charge in [-0.15, -0.1) is 0 Å². The first-order valence-corrected chi connectivity index (χ1v) is 12.1. The number of nitrogens with zero attached hydrogens (tertiary/aromatic N) is 1. The zero-order chi connectivity index (χ0) is 24.4. The van der Waals surface area contributed by atoms with E-state index >= 15 is 0 Å². The highest BCUT2D eigenvalue weighted by Crippen LogP contribution is 2.40. The number of carbonyl (C=O) groups excluding carboxylic acids is 1. The van der Waals surface area contributed by atoms with Gasteiger partial charge >= 0.3 is 0 Å². The number of fused-ring (bicyclic) bond motifs is 1. The molecule has 1 atom stereocenters. The molecular formula is C27H27BrFNO4. The van der Waals surface area contributed by atoms with Crippen molar-refractivity contribution >= 4 is 21.8 Å². The summed E-state index contributed by atoms with van der Waals surface area (Å²) in [6, 6.07) is 14.1. The Bertz CT molecular complexity index is 1210. The third kappa shape index (κ3) is 4.89. The summed E-state index contributed by atoms with van der Waals surface area (Å²) in [4.78, 5) is 15.6. The van der Waals surface area contributed by atoms with Crippen LogP contribution in [0.2, 0.25) is 0 Å². The second-order valence-corrected chi connectivity index (χ2v) is 9.01. The number of alkyl halides is 1. The first-order valence-electron chi connectivity index (χ1n) is 11.0. The van der Waals surface area contributed by atoms with E-state index in [1.807, 2.05) is 38.1 Å². The van der Waals surface area contributed by atoms with Gasteiger partial charge in [0.15, 0.2) is 0 Å². The number of hydrogen-bond acceptors (Lipinski definition) is 4. The summed E-state index contributed by atoms with van der Waals surface area (Å²) in [5, 5.41) is 0.573. The van der Waals surface area contributed by atoms with Gasteiger partial charge in [0, 0.05) is 23.5 Å². The maximum absolute atomic E-state index is 13.8. The summed E-state index contributed by atoms with van der Waals surface area (Å²) in [5.74, 6) is 1.44. The minimum atomic E-state index is -0.297. The molecule has 0 unspecified atom stereocenters. The normalized spacial score (nSPS) is 15.4. The SMILES string of the molecule is COc1cc(CN2C[C@H](C)Oc3c(cc(CBr)cc3-c3ccc(F)cc3C)C2=O)cc(OC)c1. The Morgan fingerprint density at radius 2 is 1.68 bits per heavy atom. The Hall–Kier alpha value is -3.06. The van der Waals surface area contributed by atoms with Crippen molar-refractivity contribution in [2.75, 3.05) is 20.8 Å². The van der Waals surface area contributed by atoms with Gasteiger partial charge in [0.2, 0.25) is 0 Å². The summed E-state index contributed by atoms with van der Waals surface area (Å²) in [6.07, 6.45) is -0.243. The van der Waals surface area contributed by atoms with E-state index in [4.69, 9.17) is 14.2 Å². The van der Waals surface area contributed by atoms with Crippen LogP contribution in [0.5, 0.6) is 17.2 Å². The summed E-state index contributed by atoms with van der Waals surface area (Å²) < 4.78 is 30.9. The lowest BCUT2D eigenvalue weighted by molar-refractivity contribution is 0.0706. The van der Waals surface area contributed by atoms with Crippen LogP contribution in [-0.4, -0.2) is 37.7 Å². The number of benzene rings is 3. The van der Waals surface area contributed by atoms with Gasteiger partial charge in [-0.1, -0.05) is 22.0 Å². The molecule has 0 fully saturated rings. The minimum absolute atomic E-state index is 0.120. The van der Waals surface area contributed by atoms with Gasteiger partial charge in [0.1, 0.15) is 29.2 Å². The molecule has 7 heteroatoms. The van der Waals surface area contributed by atoms with Crippen molar-refractivity contribution < 1.29 is 23.4 Å². The first kappa shape index (κ1) is 24.1. The Balaban J connectivity index is 1.79. The standard InChI is InChI=1S/C27H27BrFNO4/c1-16-7-20(29)5-6-23(16)24-10-18(13-28)11-25-26(24)34-17(2)14-30(27(25)31)15-19-8-21(32-3)12-22(9-19)33-4/h5-12,17H,13-15H2,1-4H3/t17-/m0/s1. The molecule has 34 heavy (non-hydrogen) atoms. The van der Waals surface area contributed by atoms with Crippen LogP contribution in [-0.2, 0) is 11.9 Å². The van der Waals surface area contributed by atoms with E-state index in [-0.39, 0.29) is 17.8 Å². The van der Waals surface area contributed by atoms with E-state index in [2.05, 4.69) is 15.9 Å². The van der Waals surface area contributed by atoms with Crippen molar-refractivity contribution in [3.8, 4) is 28.4 Å². The van der Waals surface area contributed by atoms with E-state index in [1.54, 1.807) is 31.3 Å². The predicted octanol–water partition coefficient (Wildman–Crippen LogP) is 6.14. The van der Waals surface area contributed by atoms with E-state index in [1.165, 1.54) is 12.1 Å². The fourth-order valence-corrected chi connectivity index (χ4v) is 4.62. The summed E-state index contributed by atoms with van der Waals surface area (Å²) in [5.41, 5.74) is 4.73. The molecule has 5 nitrogen and oxygen atoms in total. The maximum Gasteiger partial charge on any atom is 0.258 e. The van der Waals surface area contributed by atoms with Crippen LogP contribution in [0.25, 0.3) is 11.1 Å². The second-order valence-electron chi connectivity index (χ2n) is 8.45. The van der Waals surface area contributed by atoms with Gasteiger partial charge < -0.3 is 19.1 Å². The Labute approximate surface area is 207 Å².